The number of allylic oxidation sites excluding steroid dienone is 1. The molecular formula is C17H12ClN5O2. The number of nitrogens with zero attached hydrogens (tertiary/aromatic N) is 4. The van der Waals surface area contributed by atoms with Crippen LogP contribution < -0.4 is 5.43 Å². The van der Waals surface area contributed by atoms with Crippen LogP contribution in [0.15, 0.2) is 65.0 Å². The summed E-state index contributed by atoms with van der Waals surface area (Å²) in [6.07, 6.45) is 4.53. The van der Waals surface area contributed by atoms with Crippen molar-refractivity contribution in [2.24, 2.45) is 5.10 Å². The highest BCUT2D eigenvalue weighted by molar-refractivity contribution is 6.41. The zero-order chi connectivity index (χ0) is 17.6. The van der Waals surface area contributed by atoms with Crippen LogP contribution in [-0.4, -0.2) is 21.1 Å². The van der Waals surface area contributed by atoms with E-state index < -0.39 is 4.92 Å². The molecule has 2 aromatic carbocycles. The summed E-state index contributed by atoms with van der Waals surface area (Å²) in [6.45, 7) is 0. The highest BCUT2D eigenvalue weighted by Gasteiger charge is 2.03. The first-order valence-corrected chi connectivity index (χ1v) is 7.62. The lowest BCUT2D eigenvalue weighted by molar-refractivity contribution is -0.384. The number of rotatable bonds is 5. The number of nitro benzene ring substituents is 1. The van der Waals surface area contributed by atoms with Gasteiger partial charge in [0.25, 0.3) is 5.69 Å². The van der Waals surface area contributed by atoms with Crippen molar-refractivity contribution in [2.45, 2.75) is 0 Å². The summed E-state index contributed by atoms with van der Waals surface area (Å²) in [5, 5.41) is 15.9. The topological polar surface area (TPSA) is 93.3 Å². The molecule has 8 heteroatoms. The molecule has 3 aromatic rings. The Morgan fingerprint density at radius 1 is 1.16 bits per heavy atom. The molecule has 124 valence electrons. The number of fused-ring (bicyclic) bond motifs is 1. The Hall–Kier alpha value is -3.32. The van der Waals surface area contributed by atoms with E-state index in [0.29, 0.717) is 10.9 Å². The molecule has 0 aliphatic carbocycles. The summed E-state index contributed by atoms with van der Waals surface area (Å²) >= 11 is 6.11. The van der Waals surface area contributed by atoms with E-state index in [9.17, 15) is 10.1 Å². The third-order valence-corrected chi connectivity index (χ3v) is 3.52. The summed E-state index contributed by atoms with van der Waals surface area (Å²) in [5.41, 5.74) is 4.40. The monoisotopic (exact) mass is 353 g/mol. The number of hydrazone groups is 1. The van der Waals surface area contributed by atoms with Crippen LogP contribution in [0.3, 0.4) is 0 Å². The fraction of sp³-hybridized carbons (Fsp3) is 0. The van der Waals surface area contributed by atoms with Crippen LogP contribution in [0, 0.1) is 10.1 Å². The van der Waals surface area contributed by atoms with E-state index in [1.54, 1.807) is 18.2 Å². The Morgan fingerprint density at radius 2 is 1.92 bits per heavy atom. The van der Waals surface area contributed by atoms with Crippen molar-refractivity contribution in [3.8, 4) is 0 Å². The Balaban J connectivity index is 1.71. The van der Waals surface area contributed by atoms with Gasteiger partial charge in [-0.15, -0.1) is 0 Å². The molecule has 0 aliphatic rings. The molecule has 0 saturated heterocycles. The first kappa shape index (κ1) is 16.5. The molecular weight excluding hydrogens is 342 g/mol. The van der Waals surface area contributed by atoms with E-state index in [2.05, 4.69) is 20.5 Å². The first-order chi connectivity index (χ1) is 12.1. The predicted octanol–water partition coefficient (Wildman–Crippen LogP) is 4.22. The average molecular weight is 354 g/mol. The first-order valence-electron chi connectivity index (χ1n) is 7.24. The highest BCUT2D eigenvalue weighted by Crippen LogP contribution is 2.18. The van der Waals surface area contributed by atoms with Gasteiger partial charge in [0.2, 0.25) is 0 Å². The third-order valence-electron chi connectivity index (χ3n) is 3.31. The fourth-order valence-corrected chi connectivity index (χ4v) is 2.31. The summed E-state index contributed by atoms with van der Waals surface area (Å²) in [5.74, 6) is 0.571. The number of nitrogens with one attached hydrogen (secondary N) is 1. The van der Waals surface area contributed by atoms with Gasteiger partial charge < -0.3 is 0 Å². The van der Waals surface area contributed by atoms with Crippen molar-refractivity contribution in [3.63, 3.8) is 0 Å². The molecule has 1 heterocycles. The van der Waals surface area contributed by atoms with Crippen LogP contribution in [0.4, 0.5) is 11.5 Å². The van der Waals surface area contributed by atoms with E-state index in [1.807, 2.05) is 24.3 Å². The van der Waals surface area contributed by atoms with E-state index >= 15 is 0 Å². The Bertz CT molecular complexity index is 965. The quantitative estimate of drug-likeness (QED) is 0.421. The van der Waals surface area contributed by atoms with Crippen molar-refractivity contribution in [3.05, 3.63) is 75.6 Å². The molecule has 0 amide bonds. The van der Waals surface area contributed by atoms with E-state index in [1.165, 1.54) is 24.7 Å². The number of nitro groups is 1. The zero-order valence-corrected chi connectivity index (χ0v) is 13.6. The normalized spacial score (nSPS) is 11.8. The minimum absolute atomic E-state index is 0.0271. The van der Waals surface area contributed by atoms with Gasteiger partial charge in [0.05, 0.1) is 21.7 Å². The molecule has 1 N–H and O–H groups in total. The van der Waals surface area contributed by atoms with E-state index in [4.69, 9.17) is 11.6 Å². The van der Waals surface area contributed by atoms with Crippen molar-refractivity contribution in [1.82, 2.24) is 9.97 Å². The summed E-state index contributed by atoms with van der Waals surface area (Å²) in [7, 11) is 0. The van der Waals surface area contributed by atoms with Gasteiger partial charge in [-0.3, -0.25) is 15.5 Å². The fourth-order valence-electron chi connectivity index (χ4n) is 2.14. The number of hydrogen-bond donors (Lipinski definition) is 1. The van der Waals surface area contributed by atoms with Gasteiger partial charge in [0.1, 0.15) is 6.33 Å². The Labute approximate surface area is 147 Å². The molecule has 0 radical (unpaired) electrons. The van der Waals surface area contributed by atoms with E-state index in [-0.39, 0.29) is 5.69 Å². The number of non-ortho nitro benzene ring substituents is 1. The minimum atomic E-state index is -0.452. The summed E-state index contributed by atoms with van der Waals surface area (Å²) in [6, 6.07) is 13.6. The number of anilines is 1. The van der Waals surface area contributed by atoms with Crippen LogP contribution >= 0.6 is 11.6 Å². The maximum atomic E-state index is 10.6. The maximum Gasteiger partial charge on any atom is 0.269 e. The number of halogens is 1. The van der Waals surface area contributed by atoms with Crippen LogP contribution in [-0.2, 0) is 0 Å². The SMILES string of the molecule is O=[N+]([O-])c1ccc(/C=C(Cl)/C=N/Nc2ncnc3ccccc23)cc1. The molecule has 0 unspecified atom stereocenters. The molecule has 0 saturated carbocycles. The smallest absolute Gasteiger partial charge is 0.261 e. The number of hydrogen-bond acceptors (Lipinski definition) is 6. The molecule has 0 fully saturated rings. The Kier molecular flexibility index (Phi) is 4.96. The number of para-hydroxylation sites is 1. The second kappa shape index (κ2) is 7.50. The van der Waals surface area contributed by atoms with Gasteiger partial charge in [0.15, 0.2) is 5.82 Å². The summed E-state index contributed by atoms with van der Waals surface area (Å²) in [4.78, 5) is 18.5. The standard InChI is InChI=1S/C17H12ClN5O2/c18-13(9-12-5-7-14(8-6-12)23(24)25)10-21-22-17-15-3-1-2-4-16(15)19-11-20-17/h1-11H,(H,19,20,22)/b13-9-,21-10+. The molecule has 3 rings (SSSR count). The van der Waals surface area contributed by atoms with Gasteiger partial charge >= 0.3 is 0 Å². The van der Waals surface area contributed by atoms with Crippen LogP contribution in [0.25, 0.3) is 17.0 Å². The molecule has 0 atom stereocenters. The molecule has 1 aromatic heterocycles. The predicted molar refractivity (Wildman–Crippen MR) is 98.6 cm³/mol. The lowest BCUT2D eigenvalue weighted by atomic mass is 10.2. The third kappa shape index (κ3) is 4.15. The average Bonchev–Trinajstić information content (AvgIpc) is 2.62. The Morgan fingerprint density at radius 3 is 2.68 bits per heavy atom. The van der Waals surface area contributed by atoms with Gasteiger partial charge in [-0.1, -0.05) is 23.7 Å². The second-order valence-electron chi connectivity index (χ2n) is 4.99. The zero-order valence-electron chi connectivity index (χ0n) is 12.8. The lowest BCUT2D eigenvalue weighted by Crippen LogP contribution is -1.95. The number of aromatic nitrogens is 2. The minimum Gasteiger partial charge on any atom is -0.261 e. The molecule has 0 spiro atoms. The molecule has 25 heavy (non-hydrogen) atoms. The number of benzene rings is 2. The van der Waals surface area contributed by atoms with Gasteiger partial charge in [-0.25, -0.2) is 9.97 Å². The highest BCUT2D eigenvalue weighted by atomic mass is 35.5. The van der Waals surface area contributed by atoms with E-state index in [0.717, 1.165) is 16.5 Å². The molecule has 7 nitrogen and oxygen atoms in total. The van der Waals surface area contributed by atoms with Crippen LogP contribution in [0.1, 0.15) is 5.56 Å². The lowest BCUT2D eigenvalue weighted by Gasteiger charge is -2.03. The van der Waals surface area contributed by atoms with Crippen molar-refractivity contribution in [1.29, 1.82) is 0 Å². The van der Waals surface area contributed by atoms with Crippen molar-refractivity contribution < 1.29 is 4.92 Å². The summed E-state index contributed by atoms with van der Waals surface area (Å²) < 4.78 is 0. The van der Waals surface area contributed by atoms with Gasteiger partial charge in [0, 0.05) is 17.5 Å². The second-order valence-corrected chi connectivity index (χ2v) is 5.42. The largest absolute Gasteiger partial charge is 0.269 e. The van der Waals surface area contributed by atoms with Gasteiger partial charge in [-0.05, 0) is 35.9 Å². The molecule has 0 aliphatic heterocycles. The van der Waals surface area contributed by atoms with Crippen LogP contribution in [0.2, 0.25) is 0 Å². The maximum absolute atomic E-state index is 10.6. The van der Waals surface area contributed by atoms with Crippen LogP contribution in [0.5, 0.6) is 0 Å². The van der Waals surface area contributed by atoms with Gasteiger partial charge in [-0.2, -0.15) is 5.10 Å². The van der Waals surface area contributed by atoms with Crippen molar-refractivity contribution in [2.75, 3.05) is 5.43 Å². The molecule has 0 bridgehead atoms. The van der Waals surface area contributed by atoms with Crippen molar-refractivity contribution >= 4 is 46.3 Å².